The summed E-state index contributed by atoms with van der Waals surface area (Å²) in [7, 11) is 0. The lowest BCUT2D eigenvalue weighted by Crippen LogP contribution is -1.92. The predicted octanol–water partition coefficient (Wildman–Crippen LogP) is 11.6. The van der Waals surface area contributed by atoms with Gasteiger partial charge >= 0.3 is 0 Å². The Morgan fingerprint density at radius 1 is 0.357 bits per heavy atom. The maximum Gasteiger partial charge on any atom is 0.147 e. The second kappa shape index (κ2) is 8.95. The highest BCUT2D eigenvalue weighted by atomic mass is 16.3. The molecule has 0 spiro atoms. The molecule has 0 fully saturated rings. The van der Waals surface area contributed by atoms with E-state index in [4.69, 9.17) is 8.83 Å². The fourth-order valence-electron chi connectivity index (χ4n) is 6.77. The lowest BCUT2D eigenvalue weighted by molar-refractivity contribution is 0.616. The first-order chi connectivity index (χ1) is 20.9. The molecular weight excluding hydrogens is 512 g/mol. The minimum atomic E-state index is 0.822. The first-order valence-corrected chi connectivity index (χ1v) is 14.3. The van der Waals surface area contributed by atoms with Crippen molar-refractivity contribution in [3.8, 4) is 33.4 Å². The van der Waals surface area contributed by atoms with Crippen LogP contribution in [0.25, 0.3) is 87.8 Å². The smallest absolute Gasteiger partial charge is 0.147 e. The largest absolute Gasteiger partial charge is 0.464 e. The van der Waals surface area contributed by atoms with E-state index in [1.165, 1.54) is 43.8 Å². The lowest BCUT2D eigenvalue weighted by atomic mass is 9.84. The van der Waals surface area contributed by atoms with Gasteiger partial charge in [-0.25, -0.2) is 0 Å². The Bertz CT molecular complexity index is 2400. The summed E-state index contributed by atoms with van der Waals surface area (Å²) in [5.41, 5.74) is 9.67. The van der Waals surface area contributed by atoms with E-state index in [0.717, 1.165) is 44.0 Å². The molecule has 0 N–H and O–H groups in total. The molecule has 2 aromatic heterocycles. The average Bonchev–Trinajstić information content (AvgIpc) is 3.66. The number of fused-ring (bicyclic) bond motifs is 7. The van der Waals surface area contributed by atoms with Crippen molar-refractivity contribution in [1.82, 2.24) is 0 Å². The Kier molecular flexibility index (Phi) is 4.93. The van der Waals surface area contributed by atoms with Gasteiger partial charge in [0.05, 0.1) is 11.6 Å². The lowest BCUT2D eigenvalue weighted by Gasteiger charge is -2.19. The van der Waals surface area contributed by atoms with Crippen LogP contribution in [0.1, 0.15) is 0 Å². The van der Waals surface area contributed by atoms with Crippen LogP contribution in [0.4, 0.5) is 0 Å². The van der Waals surface area contributed by atoms with Gasteiger partial charge in [-0.3, -0.25) is 0 Å². The standard InChI is InChI=1S/C40H24O2/c1-2-12-25(13-3-1)26-14-4-5-16-28(26)37-29-17-6-8-19-31(29)38(32-20-9-7-18-30(32)37)34-24-41-36-23-22-33-27-15-10-11-21-35(27)42-40(33)39(34)36/h1-24H. The molecule has 196 valence electrons. The number of para-hydroxylation sites is 1. The molecule has 9 aromatic rings. The fraction of sp³-hybridized carbons (Fsp3) is 0. The summed E-state index contributed by atoms with van der Waals surface area (Å²) in [5, 5.41) is 8.01. The Balaban J connectivity index is 1.43. The Labute approximate surface area is 242 Å². The highest BCUT2D eigenvalue weighted by molar-refractivity contribution is 6.27. The molecule has 2 heteroatoms. The van der Waals surface area contributed by atoms with Crippen LogP contribution >= 0.6 is 0 Å². The van der Waals surface area contributed by atoms with E-state index in [2.05, 4.69) is 127 Å². The predicted molar refractivity (Wildman–Crippen MR) is 175 cm³/mol. The van der Waals surface area contributed by atoms with Crippen molar-refractivity contribution in [3.63, 3.8) is 0 Å². The molecule has 0 unspecified atom stereocenters. The number of rotatable bonds is 3. The molecule has 42 heavy (non-hydrogen) atoms. The van der Waals surface area contributed by atoms with Crippen LogP contribution in [0, 0.1) is 0 Å². The monoisotopic (exact) mass is 536 g/mol. The fourth-order valence-corrected chi connectivity index (χ4v) is 6.77. The Hall–Kier alpha value is -5.60. The molecule has 2 heterocycles. The van der Waals surface area contributed by atoms with Gasteiger partial charge in [0.15, 0.2) is 0 Å². The van der Waals surface area contributed by atoms with Crippen molar-refractivity contribution in [3.05, 3.63) is 146 Å². The maximum absolute atomic E-state index is 6.51. The number of hydrogen-bond donors (Lipinski definition) is 0. The van der Waals surface area contributed by atoms with E-state index < -0.39 is 0 Å². The van der Waals surface area contributed by atoms with E-state index >= 15 is 0 Å². The second-order valence-corrected chi connectivity index (χ2v) is 10.8. The van der Waals surface area contributed by atoms with Crippen molar-refractivity contribution in [2.75, 3.05) is 0 Å². The molecular formula is C40H24O2. The molecule has 0 aliphatic heterocycles. The molecule has 7 aromatic carbocycles. The van der Waals surface area contributed by atoms with Crippen molar-refractivity contribution in [2.24, 2.45) is 0 Å². The van der Waals surface area contributed by atoms with Crippen LogP contribution in [0.5, 0.6) is 0 Å². The van der Waals surface area contributed by atoms with Crippen LogP contribution < -0.4 is 0 Å². The molecule has 0 saturated heterocycles. The highest BCUT2D eigenvalue weighted by Crippen LogP contribution is 2.49. The first kappa shape index (κ1) is 23.1. The third-order valence-electron chi connectivity index (χ3n) is 8.56. The first-order valence-electron chi connectivity index (χ1n) is 14.3. The van der Waals surface area contributed by atoms with Crippen LogP contribution in [0.3, 0.4) is 0 Å². The third-order valence-corrected chi connectivity index (χ3v) is 8.56. The van der Waals surface area contributed by atoms with Crippen molar-refractivity contribution >= 4 is 54.5 Å². The van der Waals surface area contributed by atoms with Gasteiger partial charge in [0, 0.05) is 21.9 Å². The minimum absolute atomic E-state index is 0.822. The zero-order valence-corrected chi connectivity index (χ0v) is 22.7. The Morgan fingerprint density at radius 2 is 0.905 bits per heavy atom. The number of furan rings is 2. The molecule has 2 nitrogen and oxygen atoms in total. The van der Waals surface area contributed by atoms with Gasteiger partial charge in [-0.1, -0.05) is 121 Å². The minimum Gasteiger partial charge on any atom is -0.464 e. The van der Waals surface area contributed by atoms with Crippen LogP contribution in [0.2, 0.25) is 0 Å². The summed E-state index contributed by atoms with van der Waals surface area (Å²) in [4.78, 5) is 0. The molecule has 0 aliphatic rings. The van der Waals surface area contributed by atoms with E-state index in [-0.39, 0.29) is 0 Å². The van der Waals surface area contributed by atoms with Crippen molar-refractivity contribution < 1.29 is 8.83 Å². The maximum atomic E-state index is 6.51. The molecule has 0 amide bonds. The summed E-state index contributed by atoms with van der Waals surface area (Å²) >= 11 is 0. The van der Waals surface area contributed by atoms with Gasteiger partial charge in [0.2, 0.25) is 0 Å². The van der Waals surface area contributed by atoms with Gasteiger partial charge < -0.3 is 8.83 Å². The van der Waals surface area contributed by atoms with Gasteiger partial charge in [-0.15, -0.1) is 0 Å². The molecule has 0 bridgehead atoms. The zero-order chi connectivity index (χ0) is 27.6. The summed E-state index contributed by atoms with van der Waals surface area (Å²) in [5.74, 6) is 0. The number of benzene rings is 7. The Morgan fingerprint density at radius 3 is 1.60 bits per heavy atom. The van der Waals surface area contributed by atoms with Gasteiger partial charge in [-0.05, 0) is 62.0 Å². The van der Waals surface area contributed by atoms with E-state index in [1.54, 1.807) is 0 Å². The molecule has 0 aliphatic carbocycles. The summed E-state index contributed by atoms with van der Waals surface area (Å²) < 4.78 is 12.7. The highest BCUT2D eigenvalue weighted by Gasteiger charge is 2.23. The van der Waals surface area contributed by atoms with Crippen LogP contribution in [-0.4, -0.2) is 0 Å². The van der Waals surface area contributed by atoms with Crippen molar-refractivity contribution in [2.45, 2.75) is 0 Å². The topological polar surface area (TPSA) is 26.3 Å². The van der Waals surface area contributed by atoms with E-state index in [1.807, 2.05) is 18.4 Å². The number of hydrogen-bond acceptors (Lipinski definition) is 2. The molecule has 0 saturated carbocycles. The quantitative estimate of drug-likeness (QED) is 0.210. The summed E-state index contributed by atoms with van der Waals surface area (Å²) in [6, 6.07) is 49.3. The molecule has 9 rings (SSSR count). The zero-order valence-electron chi connectivity index (χ0n) is 22.7. The van der Waals surface area contributed by atoms with Crippen molar-refractivity contribution in [1.29, 1.82) is 0 Å². The molecule has 0 radical (unpaired) electrons. The van der Waals surface area contributed by atoms with Crippen LogP contribution in [0.15, 0.2) is 155 Å². The van der Waals surface area contributed by atoms with Gasteiger partial charge in [0.1, 0.15) is 16.7 Å². The SMILES string of the molecule is c1ccc(-c2ccccc2-c2c3ccccc3c(-c3coc4ccc5c6ccccc6oc5c34)c3ccccc23)cc1. The van der Waals surface area contributed by atoms with Crippen LogP contribution in [-0.2, 0) is 0 Å². The second-order valence-electron chi connectivity index (χ2n) is 10.8. The van der Waals surface area contributed by atoms with E-state index in [0.29, 0.717) is 0 Å². The normalized spacial score (nSPS) is 11.8. The molecule has 0 atom stereocenters. The van der Waals surface area contributed by atoms with E-state index in [9.17, 15) is 0 Å². The summed E-state index contributed by atoms with van der Waals surface area (Å²) in [6.07, 6.45) is 1.91. The van der Waals surface area contributed by atoms with Gasteiger partial charge in [-0.2, -0.15) is 0 Å². The summed E-state index contributed by atoms with van der Waals surface area (Å²) in [6.45, 7) is 0. The average molecular weight is 537 g/mol. The van der Waals surface area contributed by atoms with Gasteiger partial charge in [0.25, 0.3) is 0 Å². The third kappa shape index (κ3) is 3.27.